The summed E-state index contributed by atoms with van der Waals surface area (Å²) < 4.78 is 1.42. The van der Waals surface area contributed by atoms with Crippen molar-refractivity contribution in [3.63, 3.8) is 0 Å². The number of rotatable bonds is 3. The zero-order valence-corrected chi connectivity index (χ0v) is 10.7. The van der Waals surface area contributed by atoms with Crippen LogP contribution >= 0.6 is 0 Å². The van der Waals surface area contributed by atoms with E-state index < -0.39 is 17.4 Å². The Balaban J connectivity index is 2.32. The Morgan fingerprint density at radius 1 is 1.42 bits per heavy atom. The Hall–Kier alpha value is -2.51. The first kappa shape index (κ1) is 12.9. The summed E-state index contributed by atoms with van der Waals surface area (Å²) in [5.41, 5.74) is -0.620. The second-order valence-electron chi connectivity index (χ2n) is 4.62. The third kappa shape index (κ3) is 2.37. The molecular formula is C11H13N5O3. The summed E-state index contributed by atoms with van der Waals surface area (Å²) in [7, 11) is 0. The molecule has 0 fully saturated rings. The van der Waals surface area contributed by atoms with E-state index in [4.69, 9.17) is 5.11 Å². The zero-order valence-electron chi connectivity index (χ0n) is 10.7. The molecule has 8 heteroatoms. The van der Waals surface area contributed by atoms with Gasteiger partial charge in [0.25, 0.3) is 11.7 Å². The lowest BCUT2D eigenvalue weighted by atomic mass is 10.1. The average molecular weight is 263 g/mol. The normalized spacial score (nSPS) is 11.5. The van der Waals surface area contributed by atoms with Crippen LogP contribution in [0.15, 0.2) is 12.3 Å². The van der Waals surface area contributed by atoms with Gasteiger partial charge in [-0.25, -0.2) is 14.3 Å². The molecule has 0 aromatic carbocycles. The topological polar surface area (TPSA) is 109 Å². The summed E-state index contributed by atoms with van der Waals surface area (Å²) in [6, 6.07) is 1.73. The van der Waals surface area contributed by atoms with Crippen molar-refractivity contribution in [2.45, 2.75) is 26.3 Å². The molecular weight excluding hydrogens is 250 g/mol. The molecule has 100 valence electrons. The minimum absolute atomic E-state index is 0.115. The third-order valence-corrected chi connectivity index (χ3v) is 2.59. The molecule has 0 atom stereocenters. The van der Waals surface area contributed by atoms with Gasteiger partial charge in [-0.1, -0.05) is 0 Å². The molecule has 2 aromatic heterocycles. The molecule has 0 saturated heterocycles. The summed E-state index contributed by atoms with van der Waals surface area (Å²) in [5, 5.41) is 15.3. The summed E-state index contributed by atoms with van der Waals surface area (Å²) >= 11 is 0. The molecule has 2 heterocycles. The van der Waals surface area contributed by atoms with Crippen LogP contribution in [0.2, 0.25) is 0 Å². The van der Waals surface area contributed by atoms with E-state index in [1.54, 1.807) is 19.2 Å². The molecule has 0 bridgehead atoms. The second-order valence-corrected chi connectivity index (χ2v) is 4.62. The van der Waals surface area contributed by atoms with Gasteiger partial charge in [-0.05, 0) is 26.8 Å². The van der Waals surface area contributed by atoms with E-state index >= 15 is 0 Å². The minimum Gasteiger partial charge on any atom is -0.480 e. The number of hydrogen-bond donors (Lipinski definition) is 2. The van der Waals surface area contributed by atoms with Crippen LogP contribution in [-0.4, -0.2) is 42.1 Å². The van der Waals surface area contributed by atoms with Crippen LogP contribution in [0.25, 0.3) is 5.78 Å². The molecule has 19 heavy (non-hydrogen) atoms. The quantitative estimate of drug-likeness (QED) is 0.808. The van der Waals surface area contributed by atoms with Crippen molar-refractivity contribution in [3.05, 3.63) is 23.8 Å². The number of aliphatic carboxylic acids is 1. The highest BCUT2D eigenvalue weighted by Crippen LogP contribution is 2.06. The highest BCUT2D eigenvalue weighted by molar-refractivity contribution is 5.95. The highest BCUT2D eigenvalue weighted by atomic mass is 16.4. The van der Waals surface area contributed by atoms with Crippen LogP contribution in [0.1, 0.15) is 30.2 Å². The van der Waals surface area contributed by atoms with Crippen molar-refractivity contribution in [1.29, 1.82) is 0 Å². The van der Waals surface area contributed by atoms with Gasteiger partial charge in [0.2, 0.25) is 5.82 Å². The van der Waals surface area contributed by atoms with Gasteiger partial charge in [-0.3, -0.25) is 4.79 Å². The number of fused-ring (bicyclic) bond motifs is 1. The van der Waals surface area contributed by atoms with Gasteiger partial charge in [0.1, 0.15) is 5.54 Å². The molecule has 2 aromatic rings. The Morgan fingerprint density at radius 3 is 2.68 bits per heavy atom. The van der Waals surface area contributed by atoms with Gasteiger partial charge < -0.3 is 10.4 Å². The lowest BCUT2D eigenvalue weighted by Crippen LogP contribution is -2.49. The summed E-state index contributed by atoms with van der Waals surface area (Å²) in [6.07, 6.45) is 1.56. The van der Waals surface area contributed by atoms with Crippen LogP contribution in [-0.2, 0) is 4.79 Å². The molecule has 0 aliphatic carbocycles. The molecule has 0 aliphatic rings. The number of hydrogen-bond acceptors (Lipinski definition) is 5. The number of nitrogens with one attached hydrogen (secondary N) is 1. The Morgan fingerprint density at radius 2 is 2.11 bits per heavy atom. The first-order chi connectivity index (χ1) is 8.81. The predicted molar refractivity (Wildman–Crippen MR) is 64.7 cm³/mol. The number of aromatic nitrogens is 4. The summed E-state index contributed by atoms with van der Waals surface area (Å²) in [4.78, 5) is 30.8. The lowest BCUT2D eigenvalue weighted by Gasteiger charge is -2.19. The van der Waals surface area contributed by atoms with E-state index in [0.717, 1.165) is 5.69 Å². The zero-order chi connectivity index (χ0) is 14.2. The number of nitrogens with zero attached hydrogens (tertiary/aromatic N) is 4. The van der Waals surface area contributed by atoms with E-state index in [1.165, 1.54) is 18.4 Å². The van der Waals surface area contributed by atoms with Gasteiger partial charge in [-0.15, -0.1) is 5.10 Å². The maximum Gasteiger partial charge on any atom is 0.328 e. The molecule has 0 aliphatic heterocycles. The number of aryl methyl sites for hydroxylation is 1. The fraction of sp³-hybridized carbons (Fsp3) is 0.364. The fourth-order valence-corrected chi connectivity index (χ4v) is 1.40. The maximum atomic E-state index is 11.9. The van der Waals surface area contributed by atoms with Gasteiger partial charge in [0.15, 0.2) is 0 Å². The third-order valence-electron chi connectivity index (χ3n) is 2.59. The van der Waals surface area contributed by atoms with Crippen LogP contribution < -0.4 is 5.32 Å². The van der Waals surface area contributed by atoms with Crippen molar-refractivity contribution >= 4 is 17.7 Å². The Labute approximate surface area is 108 Å². The Bertz CT molecular complexity index is 661. The Kier molecular flexibility index (Phi) is 2.93. The van der Waals surface area contributed by atoms with Crippen molar-refractivity contribution in [1.82, 2.24) is 24.9 Å². The number of carbonyl (C=O) groups is 2. The number of carboxylic acid groups (broad SMARTS) is 1. The fourth-order valence-electron chi connectivity index (χ4n) is 1.40. The molecule has 2 rings (SSSR count). The molecule has 1 amide bonds. The van der Waals surface area contributed by atoms with Crippen LogP contribution in [0.5, 0.6) is 0 Å². The predicted octanol–water partition coefficient (Wildman–Crippen LogP) is 0.0257. The number of carboxylic acids is 1. The summed E-state index contributed by atoms with van der Waals surface area (Å²) in [6.45, 7) is 4.56. The number of amides is 1. The monoisotopic (exact) mass is 263 g/mol. The first-order valence-corrected chi connectivity index (χ1v) is 5.55. The van der Waals surface area contributed by atoms with Gasteiger partial charge >= 0.3 is 5.97 Å². The van der Waals surface area contributed by atoms with E-state index in [1.807, 2.05) is 0 Å². The molecule has 0 radical (unpaired) electrons. The van der Waals surface area contributed by atoms with E-state index in [0.29, 0.717) is 5.78 Å². The van der Waals surface area contributed by atoms with Gasteiger partial charge in [-0.2, -0.15) is 4.98 Å². The van der Waals surface area contributed by atoms with Gasteiger partial charge in [0.05, 0.1) is 0 Å². The van der Waals surface area contributed by atoms with Crippen molar-refractivity contribution in [2.24, 2.45) is 0 Å². The lowest BCUT2D eigenvalue weighted by molar-refractivity contribution is -0.143. The van der Waals surface area contributed by atoms with E-state index in [2.05, 4.69) is 20.4 Å². The molecule has 2 N–H and O–H groups in total. The SMILES string of the molecule is Cc1ccnc2nc(C(=O)NC(C)(C)C(=O)O)nn12. The maximum absolute atomic E-state index is 11.9. The van der Waals surface area contributed by atoms with Crippen LogP contribution in [0.4, 0.5) is 0 Å². The average Bonchev–Trinajstić information content (AvgIpc) is 2.73. The minimum atomic E-state index is -1.39. The standard InChI is InChI=1S/C11H13N5O3/c1-6-4-5-12-10-13-7(15-16(6)10)8(17)14-11(2,3)9(18)19/h4-5H,1-3H3,(H,14,17)(H,18,19). The number of carbonyl (C=O) groups excluding carboxylic acids is 1. The first-order valence-electron chi connectivity index (χ1n) is 5.55. The smallest absolute Gasteiger partial charge is 0.328 e. The molecule has 8 nitrogen and oxygen atoms in total. The van der Waals surface area contributed by atoms with E-state index in [9.17, 15) is 9.59 Å². The van der Waals surface area contributed by atoms with Crippen molar-refractivity contribution in [3.8, 4) is 0 Å². The van der Waals surface area contributed by atoms with Crippen LogP contribution in [0, 0.1) is 6.92 Å². The molecule has 0 saturated carbocycles. The second kappa shape index (κ2) is 4.30. The van der Waals surface area contributed by atoms with Crippen molar-refractivity contribution in [2.75, 3.05) is 0 Å². The molecule has 0 spiro atoms. The van der Waals surface area contributed by atoms with Crippen LogP contribution in [0.3, 0.4) is 0 Å². The van der Waals surface area contributed by atoms with Crippen molar-refractivity contribution < 1.29 is 14.7 Å². The highest BCUT2D eigenvalue weighted by Gasteiger charge is 2.30. The van der Waals surface area contributed by atoms with Gasteiger partial charge in [0, 0.05) is 11.9 Å². The summed E-state index contributed by atoms with van der Waals surface area (Å²) in [5.74, 6) is -1.62. The largest absolute Gasteiger partial charge is 0.480 e. The molecule has 0 unspecified atom stereocenters. The van der Waals surface area contributed by atoms with E-state index in [-0.39, 0.29) is 5.82 Å².